The lowest BCUT2D eigenvalue weighted by Crippen LogP contribution is -2.47. The first-order valence-corrected chi connectivity index (χ1v) is 8.34. The number of hydrogen-bond acceptors (Lipinski definition) is 2. The van der Waals surface area contributed by atoms with Gasteiger partial charge >= 0.3 is 0 Å². The van der Waals surface area contributed by atoms with E-state index in [4.69, 9.17) is 0 Å². The summed E-state index contributed by atoms with van der Waals surface area (Å²) in [6, 6.07) is 0.628. The van der Waals surface area contributed by atoms with E-state index in [0.717, 1.165) is 19.4 Å². The van der Waals surface area contributed by atoms with E-state index in [0.29, 0.717) is 17.4 Å². The fourth-order valence-electron chi connectivity index (χ4n) is 3.99. The van der Waals surface area contributed by atoms with Crippen LogP contribution in [0.5, 0.6) is 0 Å². The van der Waals surface area contributed by atoms with E-state index in [2.05, 4.69) is 26.1 Å². The lowest BCUT2D eigenvalue weighted by Gasteiger charge is -2.37. The van der Waals surface area contributed by atoms with Crippen LogP contribution in [-0.2, 0) is 0 Å². The van der Waals surface area contributed by atoms with Gasteiger partial charge in [-0.3, -0.25) is 0 Å². The van der Waals surface area contributed by atoms with E-state index in [9.17, 15) is 5.11 Å². The summed E-state index contributed by atoms with van der Waals surface area (Å²) in [5.74, 6) is 0.689. The van der Waals surface area contributed by atoms with Gasteiger partial charge in [-0.1, -0.05) is 40.0 Å². The van der Waals surface area contributed by atoms with Crippen LogP contribution in [-0.4, -0.2) is 23.3 Å². The molecule has 2 aliphatic carbocycles. The van der Waals surface area contributed by atoms with Crippen LogP contribution in [0.4, 0.5) is 0 Å². The Bertz CT molecular complexity index is 289. The largest absolute Gasteiger partial charge is 0.389 e. The number of aliphatic hydroxyl groups is 1. The van der Waals surface area contributed by atoms with Gasteiger partial charge in [0.05, 0.1) is 5.60 Å². The molecular formula is C17H33NO. The van der Waals surface area contributed by atoms with Gasteiger partial charge in [0.1, 0.15) is 0 Å². The quantitative estimate of drug-likeness (QED) is 0.761. The van der Waals surface area contributed by atoms with Crippen molar-refractivity contribution in [2.45, 2.75) is 90.2 Å². The van der Waals surface area contributed by atoms with Crippen LogP contribution < -0.4 is 5.32 Å². The molecule has 3 unspecified atom stereocenters. The Morgan fingerprint density at radius 3 is 2.53 bits per heavy atom. The summed E-state index contributed by atoms with van der Waals surface area (Å²) >= 11 is 0. The van der Waals surface area contributed by atoms with Crippen molar-refractivity contribution >= 4 is 0 Å². The predicted octanol–water partition coefficient (Wildman–Crippen LogP) is 3.88. The molecule has 2 rings (SSSR count). The zero-order valence-electron chi connectivity index (χ0n) is 13.2. The summed E-state index contributed by atoms with van der Waals surface area (Å²) in [5, 5.41) is 14.4. The minimum absolute atomic E-state index is 0.431. The van der Waals surface area contributed by atoms with Crippen molar-refractivity contribution in [3.05, 3.63) is 0 Å². The maximum Gasteiger partial charge on any atom is 0.0774 e. The molecular weight excluding hydrogens is 234 g/mol. The molecule has 0 radical (unpaired) electrons. The highest BCUT2D eigenvalue weighted by Crippen LogP contribution is 2.35. The van der Waals surface area contributed by atoms with Crippen molar-refractivity contribution in [2.75, 3.05) is 6.54 Å². The minimum atomic E-state index is -0.431. The lowest BCUT2D eigenvalue weighted by atomic mass is 9.79. The second-order valence-electron chi connectivity index (χ2n) is 8.10. The van der Waals surface area contributed by atoms with Crippen molar-refractivity contribution in [1.29, 1.82) is 0 Å². The minimum Gasteiger partial charge on any atom is -0.389 e. The van der Waals surface area contributed by atoms with E-state index in [1.54, 1.807) is 0 Å². The van der Waals surface area contributed by atoms with E-state index < -0.39 is 5.60 Å². The van der Waals surface area contributed by atoms with E-state index >= 15 is 0 Å². The normalized spacial score (nSPS) is 39.8. The Kier molecular flexibility index (Phi) is 4.94. The molecule has 0 heterocycles. The summed E-state index contributed by atoms with van der Waals surface area (Å²) in [6.45, 7) is 7.87. The molecule has 0 saturated heterocycles. The third-order valence-electron chi connectivity index (χ3n) is 5.36. The molecule has 2 saturated carbocycles. The summed E-state index contributed by atoms with van der Waals surface area (Å²) in [6.07, 6.45) is 11.0. The van der Waals surface area contributed by atoms with Crippen LogP contribution in [0, 0.1) is 11.3 Å². The third-order valence-corrected chi connectivity index (χ3v) is 5.36. The molecule has 112 valence electrons. The highest BCUT2D eigenvalue weighted by Gasteiger charge is 2.33. The molecule has 0 aromatic rings. The summed E-state index contributed by atoms with van der Waals surface area (Å²) < 4.78 is 0. The van der Waals surface area contributed by atoms with Crippen molar-refractivity contribution in [1.82, 2.24) is 5.32 Å². The molecule has 0 aromatic heterocycles. The van der Waals surface area contributed by atoms with Crippen LogP contribution in [0.15, 0.2) is 0 Å². The molecule has 2 aliphatic rings. The molecule has 0 aromatic carbocycles. The number of rotatable bonds is 3. The molecule has 0 bridgehead atoms. The molecule has 0 spiro atoms. The van der Waals surface area contributed by atoms with E-state index in [1.165, 1.54) is 44.9 Å². The summed E-state index contributed by atoms with van der Waals surface area (Å²) in [4.78, 5) is 0. The second-order valence-corrected chi connectivity index (χ2v) is 8.10. The highest BCUT2D eigenvalue weighted by atomic mass is 16.3. The standard InChI is InChI=1S/C17H33NO/c1-14-6-4-10-17(19,12-14)13-18-15-7-5-9-16(2,3)11-8-15/h14-15,18-19H,4-13H2,1-3H3. The van der Waals surface area contributed by atoms with Crippen molar-refractivity contribution < 1.29 is 5.11 Å². The average Bonchev–Trinajstić information content (AvgIpc) is 2.48. The van der Waals surface area contributed by atoms with Gasteiger partial charge < -0.3 is 10.4 Å². The lowest BCUT2D eigenvalue weighted by molar-refractivity contribution is -0.0141. The number of nitrogens with one attached hydrogen (secondary N) is 1. The second kappa shape index (κ2) is 6.13. The fraction of sp³-hybridized carbons (Fsp3) is 1.00. The maximum absolute atomic E-state index is 10.7. The average molecular weight is 267 g/mol. The van der Waals surface area contributed by atoms with Crippen LogP contribution in [0.1, 0.15) is 78.6 Å². The van der Waals surface area contributed by atoms with Gasteiger partial charge in [0, 0.05) is 12.6 Å². The summed E-state index contributed by atoms with van der Waals surface area (Å²) in [7, 11) is 0. The zero-order chi connectivity index (χ0) is 13.9. The molecule has 19 heavy (non-hydrogen) atoms. The highest BCUT2D eigenvalue weighted by molar-refractivity contribution is 4.89. The Labute approximate surface area is 119 Å². The molecule has 2 nitrogen and oxygen atoms in total. The van der Waals surface area contributed by atoms with Gasteiger partial charge in [-0.25, -0.2) is 0 Å². The summed E-state index contributed by atoms with van der Waals surface area (Å²) in [5.41, 5.74) is 0.0895. The molecule has 0 amide bonds. The van der Waals surface area contributed by atoms with Crippen LogP contribution in [0.25, 0.3) is 0 Å². The first-order valence-electron chi connectivity index (χ1n) is 8.34. The molecule has 2 N–H and O–H groups in total. The molecule has 2 heteroatoms. The Morgan fingerprint density at radius 1 is 1.05 bits per heavy atom. The topological polar surface area (TPSA) is 32.3 Å². The van der Waals surface area contributed by atoms with Crippen LogP contribution in [0.2, 0.25) is 0 Å². The van der Waals surface area contributed by atoms with Gasteiger partial charge in [0.15, 0.2) is 0 Å². The van der Waals surface area contributed by atoms with Gasteiger partial charge in [0.25, 0.3) is 0 Å². The monoisotopic (exact) mass is 267 g/mol. The zero-order valence-corrected chi connectivity index (χ0v) is 13.2. The first-order chi connectivity index (χ1) is 8.89. The van der Waals surface area contributed by atoms with E-state index in [-0.39, 0.29) is 0 Å². The van der Waals surface area contributed by atoms with Gasteiger partial charge in [-0.2, -0.15) is 0 Å². The van der Waals surface area contributed by atoms with Crippen LogP contribution in [0.3, 0.4) is 0 Å². The third kappa shape index (κ3) is 4.75. The van der Waals surface area contributed by atoms with Crippen molar-refractivity contribution in [2.24, 2.45) is 11.3 Å². The first kappa shape index (κ1) is 15.3. The Hall–Kier alpha value is -0.0800. The Balaban J connectivity index is 1.78. The van der Waals surface area contributed by atoms with Crippen molar-refractivity contribution in [3.63, 3.8) is 0 Å². The number of hydrogen-bond donors (Lipinski definition) is 2. The molecule has 3 atom stereocenters. The van der Waals surface area contributed by atoms with Gasteiger partial charge in [-0.15, -0.1) is 0 Å². The fourth-order valence-corrected chi connectivity index (χ4v) is 3.99. The van der Waals surface area contributed by atoms with Gasteiger partial charge in [-0.05, 0) is 49.9 Å². The van der Waals surface area contributed by atoms with Crippen molar-refractivity contribution in [3.8, 4) is 0 Å². The molecule has 2 fully saturated rings. The predicted molar refractivity (Wildman–Crippen MR) is 81.2 cm³/mol. The van der Waals surface area contributed by atoms with E-state index in [1.807, 2.05) is 0 Å². The Morgan fingerprint density at radius 2 is 1.79 bits per heavy atom. The smallest absolute Gasteiger partial charge is 0.0774 e. The molecule has 0 aliphatic heterocycles. The van der Waals surface area contributed by atoms with Crippen LogP contribution >= 0.6 is 0 Å². The van der Waals surface area contributed by atoms with Gasteiger partial charge in [0.2, 0.25) is 0 Å². The SMILES string of the molecule is CC1CCCC(O)(CNC2CCCC(C)(C)CC2)C1. The maximum atomic E-state index is 10.7.